The lowest BCUT2D eigenvalue weighted by Gasteiger charge is -2.25. The van der Waals surface area contributed by atoms with E-state index in [2.05, 4.69) is 4.90 Å². The molecule has 0 radical (unpaired) electrons. The molecule has 1 aromatic heterocycles. The minimum Gasteiger partial charge on any atom is -0.457 e. The Morgan fingerprint density at radius 2 is 2.12 bits per heavy atom. The Bertz CT molecular complexity index is 443. The number of aryl methyl sites for hydroxylation is 1. The molecule has 0 aliphatic carbocycles. The third-order valence-electron chi connectivity index (χ3n) is 3.02. The van der Waals surface area contributed by atoms with Gasteiger partial charge in [0, 0.05) is 38.0 Å². The quantitative estimate of drug-likeness (QED) is 0.777. The zero-order valence-electron chi connectivity index (χ0n) is 9.66. The fourth-order valence-corrected chi connectivity index (χ4v) is 2.07. The molecular weight excluding hydrogens is 242 g/mol. The van der Waals surface area contributed by atoms with Crippen LogP contribution in [0.15, 0.2) is 10.5 Å². The van der Waals surface area contributed by atoms with E-state index in [0.717, 1.165) is 18.7 Å². The summed E-state index contributed by atoms with van der Waals surface area (Å²) in [5.41, 5.74) is 0.961. The summed E-state index contributed by atoms with van der Waals surface area (Å²) >= 11 is 5.36. The van der Waals surface area contributed by atoms with E-state index in [1.807, 2.05) is 6.92 Å². The van der Waals surface area contributed by atoms with Crippen molar-refractivity contribution in [3.05, 3.63) is 23.2 Å². The predicted octanol–water partition coefficient (Wildman–Crippen LogP) is 2.13. The fourth-order valence-electron chi connectivity index (χ4n) is 1.98. The molecule has 1 aliphatic rings. The summed E-state index contributed by atoms with van der Waals surface area (Å²) in [6.07, 6.45) is 1.22. The SMILES string of the molecule is Cc1oc(C(=O)Cl)cc1CN1CCC(=O)CC1. The van der Waals surface area contributed by atoms with Crippen LogP contribution in [0.2, 0.25) is 0 Å². The molecule has 0 aromatic carbocycles. The van der Waals surface area contributed by atoms with E-state index < -0.39 is 5.24 Å². The molecule has 1 aliphatic heterocycles. The van der Waals surface area contributed by atoms with Gasteiger partial charge in [-0.25, -0.2) is 0 Å². The first kappa shape index (κ1) is 12.3. The number of carbonyl (C=O) groups excluding carboxylic acids is 2. The molecule has 17 heavy (non-hydrogen) atoms. The summed E-state index contributed by atoms with van der Waals surface area (Å²) in [4.78, 5) is 24.3. The van der Waals surface area contributed by atoms with E-state index in [9.17, 15) is 9.59 Å². The molecule has 0 spiro atoms. The molecular formula is C12H14ClNO3. The topological polar surface area (TPSA) is 50.5 Å². The van der Waals surface area contributed by atoms with Crippen molar-refractivity contribution >= 4 is 22.6 Å². The van der Waals surface area contributed by atoms with E-state index in [4.69, 9.17) is 16.0 Å². The summed E-state index contributed by atoms with van der Waals surface area (Å²) in [6, 6.07) is 1.68. The first-order chi connectivity index (χ1) is 8.06. The molecule has 92 valence electrons. The Kier molecular flexibility index (Phi) is 3.64. The maximum absolute atomic E-state index is 11.1. The summed E-state index contributed by atoms with van der Waals surface area (Å²) in [7, 11) is 0. The largest absolute Gasteiger partial charge is 0.457 e. The Morgan fingerprint density at radius 3 is 2.65 bits per heavy atom. The smallest absolute Gasteiger partial charge is 0.287 e. The number of rotatable bonds is 3. The van der Waals surface area contributed by atoms with Crippen molar-refractivity contribution in [3.8, 4) is 0 Å². The molecule has 0 saturated carbocycles. The maximum atomic E-state index is 11.1. The number of nitrogens with zero attached hydrogens (tertiary/aromatic N) is 1. The van der Waals surface area contributed by atoms with Gasteiger partial charge in [-0.1, -0.05) is 0 Å². The molecule has 0 unspecified atom stereocenters. The first-order valence-electron chi connectivity index (χ1n) is 5.59. The summed E-state index contributed by atoms with van der Waals surface area (Å²) in [5, 5.41) is -0.576. The van der Waals surface area contributed by atoms with Crippen LogP contribution in [0.4, 0.5) is 0 Å². The monoisotopic (exact) mass is 255 g/mol. The van der Waals surface area contributed by atoms with E-state index in [0.29, 0.717) is 30.9 Å². The van der Waals surface area contributed by atoms with Crippen LogP contribution in [-0.2, 0) is 11.3 Å². The van der Waals surface area contributed by atoms with Gasteiger partial charge in [-0.2, -0.15) is 0 Å². The van der Waals surface area contributed by atoms with Gasteiger partial charge in [0.2, 0.25) is 0 Å². The number of ketones is 1. The molecule has 0 N–H and O–H groups in total. The van der Waals surface area contributed by atoms with E-state index in [-0.39, 0.29) is 5.76 Å². The van der Waals surface area contributed by atoms with Crippen LogP contribution in [0.1, 0.15) is 34.7 Å². The molecule has 2 rings (SSSR count). The van der Waals surface area contributed by atoms with E-state index >= 15 is 0 Å². The molecule has 5 heteroatoms. The number of likely N-dealkylation sites (tertiary alicyclic amines) is 1. The predicted molar refractivity (Wildman–Crippen MR) is 63.1 cm³/mol. The standard InChI is InChI=1S/C12H14ClNO3/c1-8-9(6-11(17-8)12(13)16)7-14-4-2-10(15)3-5-14/h6H,2-5,7H2,1H3. The highest BCUT2D eigenvalue weighted by Gasteiger charge is 2.19. The number of hydrogen-bond donors (Lipinski definition) is 0. The van der Waals surface area contributed by atoms with Crippen molar-refractivity contribution in [1.29, 1.82) is 0 Å². The lowest BCUT2D eigenvalue weighted by atomic mass is 10.1. The number of hydrogen-bond acceptors (Lipinski definition) is 4. The van der Waals surface area contributed by atoms with Gasteiger partial charge in [0.1, 0.15) is 11.5 Å². The first-order valence-corrected chi connectivity index (χ1v) is 5.97. The molecule has 4 nitrogen and oxygen atoms in total. The van der Waals surface area contributed by atoms with Crippen LogP contribution in [-0.4, -0.2) is 29.0 Å². The second-order valence-electron chi connectivity index (χ2n) is 4.28. The normalized spacial score (nSPS) is 17.4. The van der Waals surface area contributed by atoms with E-state index in [1.165, 1.54) is 0 Å². The zero-order valence-corrected chi connectivity index (χ0v) is 10.4. The maximum Gasteiger partial charge on any atom is 0.287 e. The van der Waals surface area contributed by atoms with Gasteiger partial charge in [0.05, 0.1) is 0 Å². The van der Waals surface area contributed by atoms with Gasteiger partial charge in [-0.3, -0.25) is 14.5 Å². The summed E-state index contributed by atoms with van der Waals surface area (Å²) in [5.74, 6) is 1.22. The molecule has 1 saturated heterocycles. The average Bonchev–Trinajstić information content (AvgIpc) is 2.64. The van der Waals surface area contributed by atoms with Gasteiger partial charge in [0.15, 0.2) is 5.76 Å². The van der Waals surface area contributed by atoms with Gasteiger partial charge in [-0.15, -0.1) is 0 Å². The van der Waals surface area contributed by atoms with Crippen molar-refractivity contribution in [2.75, 3.05) is 13.1 Å². The van der Waals surface area contributed by atoms with Gasteiger partial charge in [0.25, 0.3) is 5.24 Å². The molecule has 1 fully saturated rings. The number of furan rings is 1. The second-order valence-corrected chi connectivity index (χ2v) is 4.62. The van der Waals surface area contributed by atoms with Crippen LogP contribution >= 0.6 is 11.6 Å². The zero-order chi connectivity index (χ0) is 12.4. The molecule has 0 bridgehead atoms. The minimum atomic E-state index is -0.576. The number of halogens is 1. The molecule has 2 heterocycles. The van der Waals surface area contributed by atoms with Crippen molar-refractivity contribution < 1.29 is 14.0 Å². The van der Waals surface area contributed by atoms with Crippen LogP contribution < -0.4 is 0 Å². The van der Waals surface area contributed by atoms with Gasteiger partial charge < -0.3 is 4.42 Å². The van der Waals surface area contributed by atoms with Crippen LogP contribution in [0, 0.1) is 6.92 Å². The van der Waals surface area contributed by atoms with Crippen LogP contribution in [0.3, 0.4) is 0 Å². The van der Waals surface area contributed by atoms with Gasteiger partial charge in [-0.05, 0) is 24.6 Å². The van der Waals surface area contributed by atoms with Crippen LogP contribution in [0.25, 0.3) is 0 Å². The van der Waals surface area contributed by atoms with Crippen molar-refractivity contribution in [1.82, 2.24) is 4.90 Å². The Balaban J connectivity index is 2.03. The van der Waals surface area contributed by atoms with Crippen LogP contribution in [0.5, 0.6) is 0 Å². The van der Waals surface area contributed by atoms with Gasteiger partial charge >= 0.3 is 0 Å². The Labute approximate surface area is 105 Å². The fraction of sp³-hybridized carbons (Fsp3) is 0.500. The Morgan fingerprint density at radius 1 is 1.47 bits per heavy atom. The Hall–Kier alpha value is -1.13. The minimum absolute atomic E-state index is 0.187. The number of piperidine rings is 1. The highest BCUT2D eigenvalue weighted by Crippen LogP contribution is 2.19. The van der Waals surface area contributed by atoms with Crippen molar-refractivity contribution in [3.63, 3.8) is 0 Å². The lowest BCUT2D eigenvalue weighted by Crippen LogP contribution is -2.33. The van der Waals surface area contributed by atoms with Crippen molar-refractivity contribution in [2.45, 2.75) is 26.3 Å². The average molecular weight is 256 g/mol. The second kappa shape index (κ2) is 5.02. The van der Waals surface area contributed by atoms with E-state index in [1.54, 1.807) is 6.07 Å². The highest BCUT2D eigenvalue weighted by atomic mass is 35.5. The molecule has 0 amide bonds. The highest BCUT2D eigenvalue weighted by molar-refractivity contribution is 6.67. The summed E-state index contributed by atoms with van der Waals surface area (Å²) in [6.45, 7) is 4.06. The number of Topliss-reactive ketones (excluding diaryl/α,β-unsaturated/α-hetero) is 1. The molecule has 1 aromatic rings. The summed E-state index contributed by atoms with van der Waals surface area (Å²) < 4.78 is 5.26. The number of carbonyl (C=O) groups is 2. The molecule has 0 atom stereocenters. The third-order valence-corrected chi connectivity index (χ3v) is 3.21. The third kappa shape index (κ3) is 2.96. The lowest BCUT2D eigenvalue weighted by molar-refractivity contribution is -0.121. The van der Waals surface area contributed by atoms with Crippen molar-refractivity contribution in [2.24, 2.45) is 0 Å².